The maximum Gasteiger partial charge on any atom is 0.407 e. The molecule has 3 atom stereocenters. The lowest BCUT2D eigenvalue weighted by atomic mass is 9.89. The van der Waals surface area contributed by atoms with Gasteiger partial charge in [-0.15, -0.1) is 0 Å². The summed E-state index contributed by atoms with van der Waals surface area (Å²) in [5.41, 5.74) is 4.03. The van der Waals surface area contributed by atoms with E-state index in [-0.39, 0.29) is 18.2 Å². The molecule has 174 valence electrons. The Labute approximate surface area is 196 Å². The molecule has 1 saturated heterocycles. The summed E-state index contributed by atoms with van der Waals surface area (Å²) < 4.78 is 5.51. The number of nitriles is 1. The van der Waals surface area contributed by atoms with Gasteiger partial charge in [-0.3, -0.25) is 0 Å². The highest BCUT2D eigenvalue weighted by molar-refractivity contribution is 5.67. The predicted molar refractivity (Wildman–Crippen MR) is 130 cm³/mol. The van der Waals surface area contributed by atoms with Crippen LogP contribution >= 0.6 is 0 Å². The fourth-order valence-corrected chi connectivity index (χ4v) is 5.04. The highest BCUT2D eigenvalue weighted by atomic mass is 16.5. The fourth-order valence-electron chi connectivity index (χ4n) is 5.04. The molecule has 2 aromatic rings. The Kier molecular flexibility index (Phi) is 7.85. The third-order valence-electron chi connectivity index (χ3n) is 6.75. The third kappa shape index (κ3) is 6.49. The summed E-state index contributed by atoms with van der Waals surface area (Å²) in [4.78, 5) is 14.9. The number of ether oxygens (including phenoxy) is 1. The number of aryl methyl sites for hydroxylation is 1. The molecular weight excluding hydrogens is 412 g/mol. The van der Waals surface area contributed by atoms with E-state index in [1.165, 1.54) is 12.1 Å². The van der Waals surface area contributed by atoms with Crippen molar-refractivity contribution in [3.63, 3.8) is 0 Å². The quantitative estimate of drug-likeness (QED) is 0.675. The number of carbonyl (C=O) groups is 1. The van der Waals surface area contributed by atoms with Gasteiger partial charge in [-0.1, -0.05) is 42.7 Å². The number of hydrogen-bond acceptors (Lipinski definition) is 5. The van der Waals surface area contributed by atoms with Crippen LogP contribution in [0.15, 0.2) is 48.5 Å². The number of alkyl carbamates (subject to hydrolysis) is 1. The van der Waals surface area contributed by atoms with Gasteiger partial charge in [0.05, 0.1) is 11.6 Å². The molecule has 1 amide bonds. The SMILES string of the molecule is Cc1cccc(COC(=O)N[C@@H]2CCCC[C@H]2N[C@H]2CCCN(c3ccc(C#N)cc3)C2)c1. The van der Waals surface area contributed by atoms with Crippen LogP contribution in [0.2, 0.25) is 0 Å². The van der Waals surface area contributed by atoms with Crippen LogP contribution in [0.4, 0.5) is 10.5 Å². The minimum Gasteiger partial charge on any atom is -0.445 e. The van der Waals surface area contributed by atoms with E-state index in [2.05, 4.69) is 21.6 Å². The lowest BCUT2D eigenvalue weighted by Crippen LogP contribution is -2.57. The maximum atomic E-state index is 12.5. The molecule has 4 rings (SSSR count). The van der Waals surface area contributed by atoms with Crippen molar-refractivity contribution in [2.45, 2.75) is 70.2 Å². The molecule has 0 bridgehead atoms. The molecule has 6 heteroatoms. The molecule has 1 aliphatic carbocycles. The number of benzene rings is 2. The molecule has 0 radical (unpaired) electrons. The van der Waals surface area contributed by atoms with Crippen LogP contribution in [0.3, 0.4) is 0 Å². The third-order valence-corrected chi connectivity index (χ3v) is 6.75. The van der Waals surface area contributed by atoms with Crippen LogP contribution in [0.5, 0.6) is 0 Å². The highest BCUT2D eigenvalue weighted by Crippen LogP contribution is 2.24. The summed E-state index contributed by atoms with van der Waals surface area (Å²) in [6.45, 7) is 4.30. The van der Waals surface area contributed by atoms with E-state index in [0.717, 1.165) is 56.3 Å². The van der Waals surface area contributed by atoms with Crippen LogP contribution in [0, 0.1) is 18.3 Å². The molecule has 1 aliphatic heterocycles. The molecular formula is C27H34N4O2. The van der Waals surface area contributed by atoms with Crippen molar-refractivity contribution < 1.29 is 9.53 Å². The zero-order valence-electron chi connectivity index (χ0n) is 19.4. The van der Waals surface area contributed by atoms with Crippen molar-refractivity contribution >= 4 is 11.8 Å². The average molecular weight is 447 g/mol. The Morgan fingerprint density at radius 3 is 2.64 bits per heavy atom. The van der Waals surface area contributed by atoms with Crippen LogP contribution < -0.4 is 15.5 Å². The molecule has 2 aromatic carbocycles. The molecule has 33 heavy (non-hydrogen) atoms. The zero-order valence-corrected chi connectivity index (χ0v) is 19.4. The van der Waals surface area contributed by atoms with Crippen LogP contribution in [0.25, 0.3) is 0 Å². The van der Waals surface area contributed by atoms with Gasteiger partial charge in [0.1, 0.15) is 6.61 Å². The lowest BCUT2D eigenvalue weighted by Gasteiger charge is -2.40. The van der Waals surface area contributed by atoms with Gasteiger partial charge in [0.25, 0.3) is 0 Å². The van der Waals surface area contributed by atoms with E-state index < -0.39 is 0 Å². The molecule has 0 spiro atoms. The van der Waals surface area contributed by atoms with Crippen molar-refractivity contribution in [3.05, 3.63) is 65.2 Å². The van der Waals surface area contributed by atoms with Gasteiger partial charge < -0.3 is 20.3 Å². The second-order valence-corrected chi connectivity index (χ2v) is 9.32. The summed E-state index contributed by atoms with van der Waals surface area (Å²) >= 11 is 0. The Bertz CT molecular complexity index is 969. The van der Waals surface area contributed by atoms with E-state index in [0.29, 0.717) is 18.2 Å². The molecule has 6 nitrogen and oxygen atoms in total. The van der Waals surface area contributed by atoms with Gasteiger partial charge >= 0.3 is 6.09 Å². The summed E-state index contributed by atoms with van der Waals surface area (Å²) in [6, 6.07) is 18.8. The van der Waals surface area contributed by atoms with Gasteiger partial charge in [-0.2, -0.15) is 5.26 Å². The van der Waals surface area contributed by atoms with Crippen molar-refractivity contribution in [2.24, 2.45) is 0 Å². The van der Waals surface area contributed by atoms with E-state index in [1.807, 2.05) is 55.5 Å². The Morgan fingerprint density at radius 1 is 1.09 bits per heavy atom. The molecule has 2 fully saturated rings. The predicted octanol–water partition coefficient (Wildman–Crippen LogP) is 4.66. The number of amides is 1. The fraction of sp³-hybridized carbons (Fsp3) is 0.481. The van der Waals surface area contributed by atoms with Gasteiger partial charge in [0.2, 0.25) is 0 Å². The molecule has 0 unspecified atom stereocenters. The van der Waals surface area contributed by atoms with E-state index >= 15 is 0 Å². The molecule has 0 aromatic heterocycles. The number of anilines is 1. The first kappa shape index (κ1) is 23.1. The number of nitrogens with one attached hydrogen (secondary N) is 2. The van der Waals surface area contributed by atoms with Gasteiger partial charge in [-0.25, -0.2) is 4.79 Å². The largest absolute Gasteiger partial charge is 0.445 e. The van der Waals surface area contributed by atoms with Crippen molar-refractivity contribution in [2.75, 3.05) is 18.0 Å². The maximum absolute atomic E-state index is 12.5. The number of hydrogen-bond donors (Lipinski definition) is 2. The molecule has 1 heterocycles. The Morgan fingerprint density at radius 2 is 1.88 bits per heavy atom. The first-order valence-corrected chi connectivity index (χ1v) is 12.1. The molecule has 2 N–H and O–H groups in total. The normalized spacial score (nSPS) is 22.9. The lowest BCUT2D eigenvalue weighted by molar-refractivity contribution is 0.128. The van der Waals surface area contributed by atoms with Gasteiger partial charge in [-0.05, 0) is 62.4 Å². The molecule has 1 saturated carbocycles. The topological polar surface area (TPSA) is 77.4 Å². The number of nitrogens with zero attached hydrogens (tertiary/aromatic N) is 2. The van der Waals surface area contributed by atoms with Crippen molar-refractivity contribution in [1.29, 1.82) is 5.26 Å². The average Bonchev–Trinajstić information content (AvgIpc) is 2.84. The first-order chi connectivity index (χ1) is 16.1. The van der Waals surface area contributed by atoms with Crippen LogP contribution in [-0.4, -0.2) is 37.3 Å². The van der Waals surface area contributed by atoms with Gasteiger partial charge in [0.15, 0.2) is 0 Å². The Hall–Kier alpha value is -3.04. The number of rotatable bonds is 6. The Balaban J connectivity index is 1.30. The second-order valence-electron chi connectivity index (χ2n) is 9.32. The zero-order chi connectivity index (χ0) is 23.0. The highest BCUT2D eigenvalue weighted by Gasteiger charge is 2.30. The summed E-state index contributed by atoms with van der Waals surface area (Å²) in [6.07, 6.45) is 6.27. The smallest absolute Gasteiger partial charge is 0.407 e. The number of carbonyl (C=O) groups excluding carboxylic acids is 1. The van der Waals surface area contributed by atoms with Crippen LogP contribution in [-0.2, 0) is 11.3 Å². The second kappa shape index (κ2) is 11.2. The van der Waals surface area contributed by atoms with Gasteiger partial charge in [0, 0.05) is 36.9 Å². The van der Waals surface area contributed by atoms with Crippen molar-refractivity contribution in [1.82, 2.24) is 10.6 Å². The standard InChI is InChI=1S/C27H34N4O2/c1-20-6-4-7-22(16-20)19-33-27(32)30-26-10-3-2-9-25(26)29-23-8-5-15-31(18-23)24-13-11-21(17-28)12-14-24/h4,6-7,11-14,16,23,25-26,29H,2-3,5,8-10,15,18-19H2,1H3,(H,30,32)/t23-,25+,26+/m0/s1. The summed E-state index contributed by atoms with van der Waals surface area (Å²) in [5.74, 6) is 0. The van der Waals surface area contributed by atoms with E-state index in [9.17, 15) is 4.79 Å². The monoisotopic (exact) mass is 446 g/mol. The minimum atomic E-state index is -0.335. The summed E-state index contributed by atoms with van der Waals surface area (Å²) in [7, 11) is 0. The molecule has 2 aliphatic rings. The first-order valence-electron chi connectivity index (χ1n) is 12.1. The summed E-state index contributed by atoms with van der Waals surface area (Å²) in [5, 5.41) is 16.0. The van der Waals surface area contributed by atoms with Crippen molar-refractivity contribution in [3.8, 4) is 6.07 Å². The van der Waals surface area contributed by atoms with E-state index in [1.54, 1.807) is 0 Å². The minimum absolute atomic E-state index is 0.0917. The van der Waals surface area contributed by atoms with E-state index in [4.69, 9.17) is 10.00 Å². The van der Waals surface area contributed by atoms with Crippen LogP contribution in [0.1, 0.15) is 55.2 Å². The number of piperidine rings is 1.